The van der Waals surface area contributed by atoms with Gasteiger partial charge in [-0.25, -0.2) is 4.79 Å². The summed E-state index contributed by atoms with van der Waals surface area (Å²) in [6.07, 6.45) is -12.2. The maximum atomic E-state index is 12.8. The van der Waals surface area contributed by atoms with Gasteiger partial charge in [0.1, 0.15) is 18.3 Å². The van der Waals surface area contributed by atoms with Crippen molar-refractivity contribution in [2.24, 2.45) is 5.16 Å². The first-order chi connectivity index (χ1) is 14.6. The fraction of sp³-hybridized carbons (Fsp3) is 0.579. The number of benzene rings is 1. The molecule has 0 spiro atoms. The van der Waals surface area contributed by atoms with E-state index in [4.69, 9.17) is 19.4 Å². The van der Waals surface area contributed by atoms with Crippen molar-refractivity contribution in [1.29, 1.82) is 0 Å². The van der Waals surface area contributed by atoms with Gasteiger partial charge >= 0.3 is 12.1 Å². The summed E-state index contributed by atoms with van der Waals surface area (Å²) < 4.78 is 48.4. The van der Waals surface area contributed by atoms with Gasteiger partial charge in [0.05, 0.1) is 11.3 Å². The van der Waals surface area contributed by atoms with Gasteiger partial charge in [-0.3, -0.25) is 0 Å². The Hall–Kier alpha value is -2.25. The van der Waals surface area contributed by atoms with Crippen LogP contribution in [0.5, 0.6) is 0 Å². The number of halogens is 3. The van der Waals surface area contributed by atoms with E-state index in [-0.39, 0.29) is 12.1 Å². The molecule has 1 aliphatic heterocycles. The number of aliphatic carboxylic acids is 1. The highest BCUT2D eigenvalue weighted by atomic mass is 19.4. The first-order valence-electron chi connectivity index (χ1n) is 9.38. The number of carbonyl (C=O) groups is 1. The maximum absolute atomic E-state index is 12.8. The van der Waals surface area contributed by atoms with E-state index in [1.807, 2.05) is 0 Å². The lowest BCUT2D eigenvalue weighted by molar-refractivity contribution is -0.294. The lowest BCUT2D eigenvalue weighted by Crippen LogP contribution is -2.60. The first-order valence-corrected chi connectivity index (χ1v) is 9.38. The molecule has 0 amide bonds. The third-order valence-electron chi connectivity index (χ3n) is 4.64. The van der Waals surface area contributed by atoms with Crippen molar-refractivity contribution in [2.45, 2.75) is 56.1 Å². The van der Waals surface area contributed by atoms with Gasteiger partial charge in [0.25, 0.3) is 6.29 Å². The second-order valence-corrected chi connectivity index (χ2v) is 6.90. The van der Waals surface area contributed by atoms with Crippen molar-refractivity contribution >= 4 is 11.7 Å². The number of ether oxygens (including phenoxy) is 2. The summed E-state index contributed by atoms with van der Waals surface area (Å²) in [5.41, 5.74) is -0.317. The fourth-order valence-electron chi connectivity index (χ4n) is 2.89. The quantitative estimate of drug-likeness (QED) is 0.249. The van der Waals surface area contributed by atoms with E-state index in [0.717, 1.165) is 12.1 Å². The Morgan fingerprint density at radius 2 is 1.74 bits per heavy atom. The molecular weight excluding hydrogens is 427 g/mol. The summed E-state index contributed by atoms with van der Waals surface area (Å²) in [6.45, 7) is 0.454. The van der Waals surface area contributed by atoms with Crippen molar-refractivity contribution in [3.63, 3.8) is 0 Å². The minimum atomic E-state index is -4.51. The van der Waals surface area contributed by atoms with Gasteiger partial charge in [-0.1, -0.05) is 17.3 Å². The zero-order chi connectivity index (χ0) is 23.2. The predicted octanol–water partition coefficient (Wildman–Crippen LogP) is 1.14. The molecule has 5 atom stereocenters. The number of hydrogen-bond donors (Lipinski definition) is 4. The summed E-state index contributed by atoms with van der Waals surface area (Å²) >= 11 is 0. The molecule has 0 saturated carbocycles. The average Bonchev–Trinajstić information content (AvgIpc) is 2.72. The van der Waals surface area contributed by atoms with Crippen molar-refractivity contribution in [2.75, 3.05) is 13.7 Å². The molecule has 0 radical (unpaired) electrons. The number of nitrogens with zero attached hydrogens (tertiary/aromatic N) is 1. The van der Waals surface area contributed by atoms with E-state index < -0.39 is 48.4 Å². The number of methoxy groups -OCH3 is 1. The highest BCUT2D eigenvalue weighted by Gasteiger charge is 2.48. The molecule has 0 aromatic heterocycles. The van der Waals surface area contributed by atoms with Crippen molar-refractivity contribution < 1.29 is 52.7 Å². The Labute approximate surface area is 175 Å². The van der Waals surface area contributed by atoms with E-state index in [9.17, 15) is 33.3 Å². The predicted molar refractivity (Wildman–Crippen MR) is 99.1 cm³/mol. The van der Waals surface area contributed by atoms with Gasteiger partial charge in [-0.2, -0.15) is 13.2 Å². The van der Waals surface area contributed by atoms with Gasteiger partial charge in [0.15, 0.2) is 6.10 Å². The number of aliphatic hydroxyl groups is 3. The fourth-order valence-corrected chi connectivity index (χ4v) is 2.89. The van der Waals surface area contributed by atoms with E-state index in [2.05, 4.69) is 5.16 Å². The highest BCUT2D eigenvalue weighted by Crippen LogP contribution is 2.29. The lowest BCUT2D eigenvalue weighted by atomic mass is 9.99. The van der Waals surface area contributed by atoms with Crippen LogP contribution >= 0.6 is 0 Å². The van der Waals surface area contributed by atoms with Crippen molar-refractivity contribution in [1.82, 2.24) is 0 Å². The maximum Gasteiger partial charge on any atom is 0.416 e. The molecule has 4 N–H and O–H groups in total. The number of unbranched alkanes of at least 4 members (excludes halogenated alkanes) is 1. The molecule has 0 unspecified atom stereocenters. The molecule has 0 bridgehead atoms. The number of carboxylic acid groups (broad SMARTS) is 1. The smallest absolute Gasteiger partial charge is 0.416 e. The number of hydrogen-bond acceptors (Lipinski definition) is 8. The van der Waals surface area contributed by atoms with Crippen LogP contribution in [0.2, 0.25) is 0 Å². The molecule has 1 aromatic carbocycles. The normalized spacial score (nSPS) is 27.2. The van der Waals surface area contributed by atoms with E-state index in [1.54, 1.807) is 0 Å². The first kappa shape index (κ1) is 25.0. The van der Waals surface area contributed by atoms with Crippen LogP contribution in [-0.4, -0.2) is 76.5 Å². The van der Waals surface area contributed by atoms with Gasteiger partial charge < -0.3 is 34.7 Å². The van der Waals surface area contributed by atoms with Crippen LogP contribution in [0.15, 0.2) is 29.4 Å². The largest absolute Gasteiger partial charge is 0.479 e. The van der Waals surface area contributed by atoms with Gasteiger partial charge in [0.2, 0.25) is 0 Å². The van der Waals surface area contributed by atoms with Crippen molar-refractivity contribution in [3.05, 3.63) is 35.4 Å². The molecule has 1 heterocycles. The molecule has 1 aromatic rings. The minimum absolute atomic E-state index is 0.216. The molecule has 2 rings (SSSR count). The summed E-state index contributed by atoms with van der Waals surface area (Å²) in [7, 11) is 1.52. The molecular formula is C19H24F3NO8. The molecule has 174 valence electrons. The van der Waals surface area contributed by atoms with Crippen LogP contribution in [0, 0.1) is 0 Å². The minimum Gasteiger partial charge on any atom is -0.479 e. The van der Waals surface area contributed by atoms with E-state index in [1.165, 1.54) is 19.2 Å². The summed E-state index contributed by atoms with van der Waals surface area (Å²) in [4.78, 5) is 16.3. The van der Waals surface area contributed by atoms with Crippen LogP contribution in [0.1, 0.15) is 30.4 Å². The summed E-state index contributed by atoms with van der Waals surface area (Å²) in [6, 6.07) is 4.18. The van der Waals surface area contributed by atoms with Crippen LogP contribution in [0.25, 0.3) is 0 Å². The molecule has 9 nitrogen and oxygen atoms in total. The molecule has 1 saturated heterocycles. The van der Waals surface area contributed by atoms with Crippen LogP contribution in [0.4, 0.5) is 13.2 Å². The molecule has 31 heavy (non-hydrogen) atoms. The third-order valence-corrected chi connectivity index (χ3v) is 4.64. The zero-order valence-corrected chi connectivity index (χ0v) is 16.5. The SMILES string of the molecule is COCCCC/C(=N/O[C@H]1O[C@@H](C(=O)O)[C@H](O)[C@@H](O)[C@@H]1O)c1ccc(C(F)(F)F)cc1. The number of alkyl halides is 3. The number of oxime groups is 1. The van der Waals surface area contributed by atoms with Crippen LogP contribution < -0.4 is 0 Å². The van der Waals surface area contributed by atoms with Crippen LogP contribution in [-0.2, 0) is 25.3 Å². The number of rotatable bonds is 9. The third kappa shape index (κ3) is 6.61. The van der Waals surface area contributed by atoms with Gasteiger partial charge in [-0.15, -0.1) is 0 Å². The van der Waals surface area contributed by atoms with Crippen LogP contribution in [0.3, 0.4) is 0 Å². The van der Waals surface area contributed by atoms with E-state index >= 15 is 0 Å². The highest BCUT2D eigenvalue weighted by molar-refractivity contribution is 6.00. The van der Waals surface area contributed by atoms with E-state index in [0.29, 0.717) is 25.0 Å². The number of carboxylic acids is 1. The van der Waals surface area contributed by atoms with Gasteiger partial charge in [0, 0.05) is 13.7 Å². The Bertz CT molecular complexity index is 756. The Morgan fingerprint density at radius 1 is 1.10 bits per heavy atom. The number of aliphatic hydroxyl groups excluding tert-OH is 3. The average molecular weight is 451 g/mol. The Kier molecular flexibility index (Phi) is 8.77. The Morgan fingerprint density at radius 3 is 2.29 bits per heavy atom. The zero-order valence-electron chi connectivity index (χ0n) is 16.5. The standard InChI is InChI=1S/C19H24F3NO8/c1-29-9-3-2-4-12(10-5-7-11(8-6-10)19(20,21)22)23-31-18-15(26)13(24)14(25)16(30-18)17(27)28/h5-8,13-16,18,24-26H,2-4,9H2,1H3,(H,27,28)/b23-12-/t13-,14-,15+,16-,18-/m1/s1. The molecule has 1 fully saturated rings. The second-order valence-electron chi connectivity index (χ2n) is 6.90. The summed E-state index contributed by atoms with van der Waals surface area (Å²) in [5, 5.41) is 42.4. The Balaban J connectivity index is 2.21. The second kappa shape index (κ2) is 10.9. The molecule has 0 aliphatic carbocycles. The molecule has 1 aliphatic rings. The topological polar surface area (TPSA) is 138 Å². The lowest BCUT2D eigenvalue weighted by Gasteiger charge is -2.37. The van der Waals surface area contributed by atoms with Gasteiger partial charge in [-0.05, 0) is 37.0 Å². The monoisotopic (exact) mass is 451 g/mol. The summed E-state index contributed by atoms with van der Waals surface area (Å²) in [5.74, 6) is -1.58. The van der Waals surface area contributed by atoms with Crippen molar-refractivity contribution in [3.8, 4) is 0 Å². The molecule has 12 heteroatoms.